The number of hydrogen-bond acceptors (Lipinski definition) is 6. The van der Waals surface area contributed by atoms with Gasteiger partial charge in [-0.2, -0.15) is 0 Å². The summed E-state index contributed by atoms with van der Waals surface area (Å²) in [6, 6.07) is 5.44. The van der Waals surface area contributed by atoms with E-state index >= 15 is 0 Å². The van der Waals surface area contributed by atoms with Gasteiger partial charge in [0.2, 0.25) is 0 Å². The zero-order valence-corrected chi connectivity index (χ0v) is 17.7. The number of methoxy groups -OCH3 is 2. The number of carbonyl (C=O) groups is 2. The number of benzene rings is 1. The Morgan fingerprint density at radius 1 is 1.30 bits per heavy atom. The molecule has 0 bridgehead atoms. The van der Waals surface area contributed by atoms with E-state index < -0.39 is 18.0 Å². The van der Waals surface area contributed by atoms with E-state index in [2.05, 4.69) is 13.0 Å². The molecule has 0 aromatic heterocycles. The summed E-state index contributed by atoms with van der Waals surface area (Å²) in [4.78, 5) is 23.9. The normalized spacial score (nSPS) is 23.7. The Labute approximate surface area is 177 Å². The summed E-state index contributed by atoms with van der Waals surface area (Å²) >= 11 is 0. The molecule has 3 atom stereocenters. The standard InChI is InChI=1S/C23H30O7/c1-16-8-4-5-9-17-10-6-12-19(28-3)22(17)23(26)30-18(11-7-13-21(24)25)14-20(16)29-15-27-2/h4-7,10,12-13,16,18,20H,8-9,11,14-15H2,1-3H3,(H,24,25)/b5-4+,13-7+/t16-,18?,20+/m0/s1. The lowest BCUT2D eigenvalue weighted by atomic mass is 9.93. The van der Waals surface area contributed by atoms with Gasteiger partial charge in [0.1, 0.15) is 24.2 Å². The van der Waals surface area contributed by atoms with Crippen LogP contribution in [-0.2, 0) is 25.4 Å². The van der Waals surface area contributed by atoms with Crippen molar-refractivity contribution >= 4 is 11.9 Å². The van der Waals surface area contributed by atoms with E-state index in [0.717, 1.165) is 18.1 Å². The van der Waals surface area contributed by atoms with E-state index in [0.29, 0.717) is 24.2 Å². The molecular formula is C23H30O7. The van der Waals surface area contributed by atoms with E-state index in [1.165, 1.54) is 13.2 Å². The number of carboxylic acids is 1. The van der Waals surface area contributed by atoms with Gasteiger partial charge >= 0.3 is 11.9 Å². The lowest BCUT2D eigenvalue weighted by molar-refractivity contribution is -0.131. The maximum Gasteiger partial charge on any atom is 0.342 e. The molecular weight excluding hydrogens is 388 g/mol. The van der Waals surface area contributed by atoms with E-state index in [9.17, 15) is 9.59 Å². The molecule has 164 valence electrons. The van der Waals surface area contributed by atoms with Crippen LogP contribution in [0, 0.1) is 5.92 Å². The van der Waals surface area contributed by atoms with Crippen molar-refractivity contribution in [1.29, 1.82) is 0 Å². The van der Waals surface area contributed by atoms with Crippen LogP contribution in [0.4, 0.5) is 0 Å². The summed E-state index contributed by atoms with van der Waals surface area (Å²) in [5.74, 6) is -0.941. The molecule has 0 fully saturated rings. The maximum absolute atomic E-state index is 13.1. The number of allylic oxidation sites excluding steroid dienone is 2. The third-order valence-electron chi connectivity index (χ3n) is 5.01. The third-order valence-corrected chi connectivity index (χ3v) is 5.01. The van der Waals surface area contributed by atoms with Crippen LogP contribution in [0.1, 0.15) is 42.1 Å². The molecule has 1 aromatic carbocycles. The number of carbonyl (C=O) groups excluding carboxylic acids is 1. The van der Waals surface area contributed by atoms with Gasteiger partial charge in [0.05, 0.1) is 13.2 Å². The highest BCUT2D eigenvalue weighted by Crippen LogP contribution is 2.28. The maximum atomic E-state index is 13.1. The molecule has 0 spiro atoms. The molecule has 30 heavy (non-hydrogen) atoms. The quantitative estimate of drug-likeness (QED) is 0.312. The second-order valence-corrected chi connectivity index (χ2v) is 7.23. The van der Waals surface area contributed by atoms with Crippen molar-refractivity contribution < 1.29 is 33.6 Å². The molecule has 1 unspecified atom stereocenters. The van der Waals surface area contributed by atoms with Crippen LogP contribution in [0.2, 0.25) is 0 Å². The number of fused-ring (bicyclic) bond motifs is 1. The van der Waals surface area contributed by atoms with E-state index in [1.807, 2.05) is 18.2 Å². The third kappa shape index (κ3) is 7.00. The molecule has 1 heterocycles. The van der Waals surface area contributed by atoms with Gasteiger partial charge in [-0.25, -0.2) is 9.59 Å². The summed E-state index contributed by atoms with van der Waals surface area (Å²) in [5.41, 5.74) is 1.20. The first-order valence-electron chi connectivity index (χ1n) is 9.98. The van der Waals surface area contributed by atoms with Gasteiger partial charge in [0.15, 0.2) is 0 Å². The lowest BCUT2D eigenvalue weighted by Crippen LogP contribution is -2.31. The average Bonchev–Trinajstić information content (AvgIpc) is 2.72. The molecule has 0 saturated carbocycles. The van der Waals surface area contributed by atoms with E-state index in [-0.39, 0.29) is 25.2 Å². The predicted molar refractivity (Wildman–Crippen MR) is 112 cm³/mol. The molecule has 7 heteroatoms. The van der Waals surface area contributed by atoms with Crippen LogP contribution in [0.25, 0.3) is 0 Å². The second-order valence-electron chi connectivity index (χ2n) is 7.23. The van der Waals surface area contributed by atoms with Crippen molar-refractivity contribution in [3.63, 3.8) is 0 Å². The van der Waals surface area contributed by atoms with Crippen LogP contribution in [0.3, 0.4) is 0 Å². The van der Waals surface area contributed by atoms with Crippen LogP contribution >= 0.6 is 0 Å². The summed E-state index contributed by atoms with van der Waals surface area (Å²) in [5, 5.41) is 8.89. The molecule has 1 aromatic rings. The van der Waals surface area contributed by atoms with E-state index in [4.69, 9.17) is 24.1 Å². The van der Waals surface area contributed by atoms with Crippen LogP contribution < -0.4 is 4.74 Å². The van der Waals surface area contributed by atoms with E-state index in [1.54, 1.807) is 13.2 Å². The van der Waals surface area contributed by atoms with Crippen molar-refractivity contribution in [1.82, 2.24) is 0 Å². The van der Waals surface area contributed by atoms with Gasteiger partial charge < -0.3 is 24.1 Å². The number of rotatable bonds is 7. The number of aliphatic carboxylic acids is 1. The van der Waals surface area contributed by atoms with Gasteiger partial charge in [0, 0.05) is 26.0 Å². The zero-order chi connectivity index (χ0) is 21.9. The highest BCUT2D eigenvalue weighted by molar-refractivity contribution is 5.94. The highest BCUT2D eigenvalue weighted by atomic mass is 16.7. The second kappa shape index (κ2) is 12.1. The molecule has 0 aliphatic carbocycles. The molecule has 1 aliphatic heterocycles. The predicted octanol–water partition coefficient (Wildman–Crippen LogP) is 3.77. The SMILES string of the molecule is COCO[C@@H]1CC(C/C=C/C(=O)O)OC(=O)c2c(cccc2OC)C/C=C/C[C@@H]1C. The fraction of sp³-hybridized carbons (Fsp3) is 0.478. The van der Waals surface area contributed by atoms with Crippen LogP contribution in [-0.4, -0.2) is 50.3 Å². The summed E-state index contributed by atoms with van der Waals surface area (Å²) < 4.78 is 22.1. The largest absolute Gasteiger partial charge is 0.496 e. The summed E-state index contributed by atoms with van der Waals surface area (Å²) in [6.45, 7) is 2.19. The summed E-state index contributed by atoms with van der Waals surface area (Å²) in [6.07, 6.45) is 7.93. The minimum atomic E-state index is -1.05. The van der Waals surface area contributed by atoms with Crippen molar-refractivity contribution in [2.45, 2.75) is 44.8 Å². The van der Waals surface area contributed by atoms with Crippen molar-refractivity contribution in [2.24, 2.45) is 5.92 Å². The Hall–Kier alpha value is -2.64. The Balaban J connectivity index is 2.37. The van der Waals surface area contributed by atoms with Crippen LogP contribution in [0.5, 0.6) is 5.75 Å². The van der Waals surface area contributed by atoms with Gasteiger partial charge in [-0.3, -0.25) is 0 Å². The smallest absolute Gasteiger partial charge is 0.342 e. The number of esters is 1. The fourth-order valence-electron chi connectivity index (χ4n) is 3.42. The minimum Gasteiger partial charge on any atom is -0.496 e. The average molecular weight is 418 g/mol. The highest BCUT2D eigenvalue weighted by Gasteiger charge is 2.27. The molecule has 7 nitrogen and oxygen atoms in total. The molecule has 1 N–H and O–H groups in total. The Morgan fingerprint density at radius 3 is 2.80 bits per heavy atom. The molecule has 2 rings (SSSR count). The van der Waals surface area contributed by atoms with Crippen molar-refractivity contribution in [3.8, 4) is 5.75 Å². The lowest BCUT2D eigenvalue weighted by Gasteiger charge is -2.28. The van der Waals surface area contributed by atoms with Crippen molar-refractivity contribution in [2.75, 3.05) is 21.0 Å². The number of ether oxygens (including phenoxy) is 4. The van der Waals surface area contributed by atoms with Gasteiger partial charge in [0.25, 0.3) is 0 Å². The number of cyclic esters (lactones) is 1. The fourth-order valence-corrected chi connectivity index (χ4v) is 3.42. The zero-order valence-electron chi connectivity index (χ0n) is 17.7. The monoisotopic (exact) mass is 418 g/mol. The topological polar surface area (TPSA) is 91.3 Å². The summed E-state index contributed by atoms with van der Waals surface area (Å²) in [7, 11) is 3.06. The van der Waals surface area contributed by atoms with Gasteiger partial charge in [-0.05, 0) is 30.4 Å². The van der Waals surface area contributed by atoms with Crippen molar-refractivity contribution in [3.05, 3.63) is 53.6 Å². The Bertz CT molecular complexity index is 769. The minimum absolute atomic E-state index is 0.126. The first-order chi connectivity index (χ1) is 14.5. The Morgan fingerprint density at radius 2 is 2.10 bits per heavy atom. The molecule has 0 saturated heterocycles. The van der Waals surface area contributed by atoms with Crippen LogP contribution in [0.15, 0.2) is 42.5 Å². The first-order valence-corrected chi connectivity index (χ1v) is 9.98. The van der Waals surface area contributed by atoms with Gasteiger partial charge in [-0.15, -0.1) is 0 Å². The molecule has 1 aliphatic rings. The molecule has 0 radical (unpaired) electrons. The number of carboxylic acid groups (broad SMARTS) is 1. The number of hydrogen-bond donors (Lipinski definition) is 1. The van der Waals surface area contributed by atoms with Gasteiger partial charge in [-0.1, -0.05) is 37.3 Å². The Kier molecular flexibility index (Phi) is 9.57. The first kappa shape index (κ1) is 23.6. The molecule has 0 amide bonds.